The van der Waals surface area contributed by atoms with E-state index in [1.165, 1.54) is 18.2 Å². The molecule has 0 radical (unpaired) electrons. The van der Waals surface area contributed by atoms with Gasteiger partial charge in [0.15, 0.2) is 0 Å². The Morgan fingerprint density at radius 2 is 1.57 bits per heavy atom. The molecule has 1 unspecified atom stereocenters. The molecule has 0 amide bonds. The van der Waals surface area contributed by atoms with Crippen molar-refractivity contribution in [3.63, 3.8) is 0 Å². The predicted molar refractivity (Wildman–Crippen MR) is 81.8 cm³/mol. The van der Waals surface area contributed by atoms with Crippen LogP contribution in [-0.4, -0.2) is 0 Å². The summed E-state index contributed by atoms with van der Waals surface area (Å²) in [5.41, 5.74) is 1.57. The van der Waals surface area contributed by atoms with Crippen LogP contribution in [0.4, 0.5) is 8.78 Å². The van der Waals surface area contributed by atoms with Crippen LogP contribution >= 0.6 is 0 Å². The Morgan fingerprint density at radius 3 is 2.14 bits per heavy atom. The third-order valence-electron chi connectivity index (χ3n) is 3.52. The van der Waals surface area contributed by atoms with E-state index in [4.69, 9.17) is 0 Å². The van der Waals surface area contributed by atoms with E-state index in [2.05, 4.69) is 26.1 Å². The normalized spacial score (nSPS) is 13.2. The van der Waals surface area contributed by atoms with Crippen LogP contribution in [0.2, 0.25) is 0 Å². The van der Waals surface area contributed by atoms with E-state index in [0.29, 0.717) is 12.1 Å². The van der Waals surface area contributed by atoms with E-state index < -0.39 is 0 Å². The van der Waals surface area contributed by atoms with Gasteiger partial charge in [-0.1, -0.05) is 51.1 Å². The molecule has 21 heavy (non-hydrogen) atoms. The van der Waals surface area contributed by atoms with Crippen molar-refractivity contribution in [3.05, 3.63) is 71.3 Å². The first-order chi connectivity index (χ1) is 9.88. The molecule has 0 aromatic heterocycles. The van der Waals surface area contributed by atoms with E-state index >= 15 is 0 Å². The fourth-order valence-corrected chi connectivity index (χ4v) is 2.43. The number of hydrogen-bond acceptors (Lipinski definition) is 1. The van der Waals surface area contributed by atoms with Crippen LogP contribution in [0.15, 0.2) is 48.5 Å². The minimum absolute atomic E-state index is 0.0118. The van der Waals surface area contributed by atoms with Crippen LogP contribution < -0.4 is 5.32 Å². The summed E-state index contributed by atoms with van der Waals surface area (Å²) in [5, 5.41) is 3.39. The SMILES string of the molecule is CC(C)(C)C(NCc1ccccc1F)c1ccc(F)cc1. The van der Waals surface area contributed by atoms with Crippen molar-refractivity contribution >= 4 is 0 Å². The highest BCUT2D eigenvalue weighted by atomic mass is 19.1. The van der Waals surface area contributed by atoms with Gasteiger partial charge in [0.1, 0.15) is 11.6 Å². The summed E-state index contributed by atoms with van der Waals surface area (Å²) in [6.45, 7) is 6.76. The zero-order valence-corrected chi connectivity index (χ0v) is 12.7. The lowest BCUT2D eigenvalue weighted by Gasteiger charge is -2.32. The number of hydrogen-bond donors (Lipinski definition) is 1. The van der Waals surface area contributed by atoms with Crippen LogP contribution in [0, 0.1) is 17.0 Å². The van der Waals surface area contributed by atoms with Crippen molar-refractivity contribution in [2.75, 3.05) is 0 Å². The van der Waals surface area contributed by atoms with Crippen LogP contribution in [0.1, 0.15) is 37.9 Å². The molecule has 0 aliphatic rings. The Hall–Kier alpha value is -1.74. The summed E-state index contributed by atoms with van der Waals surface area (Å²) in [7, 11) is 0. The molecule has 0 aliphatic heterocycles. The highest BCUT2D eigenvalue weighted by Gasteiger charge is 2.26. The Morgan fingerprint density at radius 1 is 0.952 bits per heavy atom. The quantitative estimate of drug-likeness (QED) is 0.849. The third-order valence-corrected chi connectivity index (χ3v) is 3.52. The third kappa shape index (κ3) is 4.11. The van der Waals surface area contributed by atoms with Gasteiger partial charge in [0.25, 0.3) is 0 Å². The molecule has 0 aliphatic carbocycles. The lowest BCUT2D eigenvalue weighted by atomic mass is 9.82. The molecule has 2 aromatic rings. The predicted octanol–water partition coefficient (Wildman–Crippen LogP) is 4.84. The highest BCUT2D eigenvalue weighted by molar-refractivity contribution is 5.23. The second-order valence-electron chi connectivity index (χ2n) is 6.32. The molecule has 112 valence electrons. The van der Waals surface area contributed by atoms with E-state index in [1.54, 1.807) is 24.3 Å². The summed E-state index contributed by atoms with van der Waals surface area (Å²) in [6.07, 6.45) is 0. The first-order valence-corrected chi connectivity index (χ1v) is 7.10. The zero-order chi connectivity index (χ0) is 15.5. The first-order valence-electron chi connectivity index (χ1n) is 7.10. The molecule has 0 bridgehead atoms. The largest absolute Gasteiger partial charge is 0.305 e. The monoisotopic (exact) mass is 289 g/mol. The molecule has 2 aromatic carbocycles. The minimum Gasteiger partial charge on any atom is -0.305 e. The molecule has 1 nitrogen and oxygen atoms in total. The van der Waals surface area contributed by atoms with Crippen molar-refractivity contribution < 1.29 is 8.78 Å². The van der Waals surface area contributed by atoms with Gasteiger partial charge in [0.2, 0.25) is 0 Å². The molecule has 1 N–H and O–H groups in total. The fraction of sp³-hybridized carbons (Fsp3) is 0.333. The van der Waals surface area contributed by atoms with E-state index in [9.17, 15) is 8.78 Å². The summed E-state index contributed by atoms with van der Waals surface area (Å²) in [5.74, 6) is -0.461. The van der Waals surface area contributed by atoms with Gasteiger partial charge in [-0.3, -0.25) is 0 Å². The van der Waals surface area contributed by atoms with E-state index in [1.807, 2.05) is 6.07 Å². The van der Waals surface area contributed by atoms with Crippen molar-refractivity contribution in [1.82, 2.24) is 5.32 Å². The number of benzene rings is 2. The van der Waals surface area contributed by atoms with Crippen LogP contribution in [0.25, 0.3) is 0 Å². The molecular weight excluding hydrogens is 268 g/mol. The van der Waals surface area contributed by atoms with Gasteiger partial charge >= 0.3 is 0 Å². The van der Waals surface area contributed by atoms with E-state index in [0.717, 1.165) is 5.56 Å². The molecule has 1 atom stereocenters. The maximum atomic E-state index is 13.7. The molecule has 0 spiro atoms. The lowest BCUT2D eigenvalue weighted by molar-refractivity contribution is 0.270. The van der Waals surface area contributed by atoms with Crippen molar-refractivity contribution in [1.29, 1.82) is 0 Å². The number of halogens is 2. The van der Waals surface area contributed by atoms with Gasteiger partial charge in [-0.2, -0.15) is 0 Å². The molecule has 0 fully saturated rings. The number of nitrogens with one attached hydrogen (secondary N) is 1. The summed E-state index contributed by atoms with van der Waals surface area (Å²) >= 11 is 0. The molecule has 2 rings (SSSR count). The number of rotatable bonds is 4. The second-order valence-corrected chi connectivity index (χ2v) is 6.32. The average Bonchev–Trinajstić information content (AvgIpc) is 2.41. The highest BCUT2D eigenvalue weighted by Crippen LogP contribution is 2.33. The average molecular weight is 289 g/mol. The van der Waals surface area contributed by atoms with Gasteiger partial charge in [0.05, 0.1) is 0 Å². The molecule has 0 saturated heterocycles. The minimum atomic E-state index is -0.250. The van der Waals surface area contributed by atoms with Crippen molar-refractivity contribution in [3.8, 4) is 0 Å². The van der Waals surface area contributed by atoms with Crippen molar-refractivity contribution in [2.45, 2.75) is 33.4 Å². The Labute approximate surface area is 125 Å². The van der Waals surface area contributed by atoms with E-state index in [-0.39, 0.29) is 23.1 Å². The Balaban J connectivity index is 2.18. The summed E-state index contributed by atoms with van der Waals surface area (Å²) in [6, 6.07) is 13.2. The second kappa shape index (κ2) is 6.35. The van der Waals surface area contributed by atoms with Crippen LogP contribution in [0.3, 0.4) is 0 Å². The fourth-order valence-electron chi connectivity index (χ4n) is 2.43. The van der Waals surface area contributed by atoms with Gasteiger partial charge in [-0.05, 0) is 29.2 Å². The van der Waals surface area contributed by atoms with Gasteiger partial charge in [-0.15, -0.1) is 0 Å². The molecule has 0 saturated carbocycles. The van der Waals surface area contributed by atoms with Gasteiger partial charge in [-0.25, -0.2) is 8.78 Å². The standard InChI is InChI=1S/C18H21F2N/c1-18(2,3)17(13-8-10-15(19)11-9-13)21-12-14-6-4-5-7-16(14)20/h4-11,17,21H,12H2,1-3H3. The Bertz CT molecular complexity index is 585. The van der Waals surface area contributed by atoms with Gasteiger partial charge in [0, 0.05) is 18.2 Å². The van der Waals surface area contributed by atoms with Crippen LogP contribution in [0.5, 0.6) is 0 Å². The first kappa shape index (κ1) is 15.6. The van der Waals surface area contributed by atoms with Crippen molar-refractivity contribution in [2.24, 2.45) is 5.41 Å². The maximum Gasteiger partial charge on any atom is 0.127 e. The Kier molecular flexibility index (Phi) is 4.73. The smallest absolute Gasteiger partial charge is 0.127 e. The topological polar surface area (TPSA) is 12.0 Å². The molecule has 3 heteroatoms. The molecular formula is C18H21F2N. The van der Waals surface area contributed by atoms with Crippen LogP contribution in [-0.2, 0) is 6.54 Å². The summed E-state index contributed by atoms with van der Waals surface area (Å²) < 4.78 is 26.8. The zero-order valence-electron chi connectivity index (χ0n) is 12.7. The lowest BCUT2D eigenvalue weighted by Crippen LogP contribution is -2.32. The summed E-state index contributed by atoms with van der Waals surface area (Å²) in [4.78, 5) is 0. The molecule has 0 heterocycles. The van der Waals surface area contributed by atoms with Gasteiger partial charge < -0.3 is 5.32 Å². The maximum absolute atomic E-state index is 13.7.